The van der Waals surface area contributed by atoms with E-state index < -0.39 is 11.9 Å². The minimum atomic E-state index is -0.840. The number of carbonyl (C=O) groups excluding carboxylic acids is 1. The van der Waals surface area contributed by atoms with Crippen LogP contribution in [0.3, 0.4) is 0 Å². The summed E-state index contributed by atoms with van der Waals surface area (Å²) in [5.41, 5.74) is 1.50. The topological polar surface area (TPSA) is 91.7 Å². The van der Waals surface area contributed by atoms with Gasteiger partial charge >= 0.3 is 0 Å². The van der Waals surface area contributed by atoms with Gasteiger partial charge in [-0.3, -0.25) is 9.59 Å². The summed E-state index contributed by atoms with van der Waals surface area (Å²) in [5, 5.41) is 7.18. The van der Waals surface area contributed by atoms with E-state index in [2.05, 4.69) is 10.4 Å². The minimum Gasteiger partial charge on any atom is -0.497 e. The molecule has 3 rings (SSSR count). The lowest BCUT2D eigenvalue weighted by molar-refractivity contribution is -0.119. The van der Waals surface area contributed by atoms with Crippen molar-refractivity contribution >= 4 is 11.6 Å². The van der Waals surface area contributed by atoms with Gasteiger partial charge in [-0.15, -0.1) is 0 Å². The number of hydrogen-bond donors (Lipinski definition) is 1. The Labute approximate surface area is 180 Å². The van der Waals surface area contributed by atoms with E-state index in [1.807, 2.05) is 31.2 Å². The summed E-state index contributed by atoms with van der Waals surface area (Å²) in [5.74, 6) is 1.43. The molecule has 0 bridgehead atoms. The number of aromatic nitrogens is 2. The summed E-state index contributed by atoms with van der Waals surface area (Å²) in [7, 11) is 3.05. The van der Waals surface area contributed by atoms with Gasteiger partial charge in [-0.1, -0.05) is 0 Å². The fraction of sp³-hybridized carbons (Fsp3) is 0.261. The Balaban J connectivity index is 1.84. The fourth-order valence-electron chi connectivity index (χ4n) is 2.98. The molecule has 1 unspecified atom stereocenters. The molecule has 8 heteroatoms. The normalized spacial score (nSPS) is 11.5. The summed E-state index contributed by atoms with van der Waals surface area (Å²) in [6, 6.07) is 14.6. The number of methoxy groups -OCH3 is 2. The van der Waals surface area contributed by atoms with Crippen molar-refractivity contribution in [2.24, 2.45) is 0 Å². The average molecular weight is 423 g/mol. The van der Waals surface area contributed by atoms with Gasteiger partial charge < -0.3 is 19.5 Å². The molecule has 0 aliphatic heterocycles. The van der Waals surface area contributed by atoms with Crippen molar-refractivity contribution < 1.29 is 19.0 Å². The Morgan fingerprint density at radius 3 is 2.23 bits per heavy atom. The number of amides is 1. The molecule has 0 radical (unpaired) electrons. The van der Waals surface area contributed by atoms with Crippen LogP contribution in [0.15, 0.2) is 59.4 Å². The van der Waals surface area contributed by atoms with Crippen LogP contribution in [-0.2, 0) is 4.79 Å². The Hall–Kier alpha value is -3.81. The molecular formula is C23H25N3O5. The van der Waals surface area contributed by atoms with Crippen molar-refractivity contribution in [2.75, 3.05) is 26.1 Å². The smallest absolute Gasteiger partial charge is 0.267 e. The standard InChI is InChI=1S/C23H25N3O5/c1-5-31-18-8-6-16(7-9-18)21-10-11-22(27)26(25-21)15(2)23(28)24-17-12-19(29-3)14-20(13-17)30-4/h6-15H,5H2,1-4H3,(H,24,28). The third-order valence-electron chi connectivity index (χ3n) is 4.65. The molecule has 8 nitrogen and oxygen atoms in total. The predicted octanol–water partition coefficient (Wildman–Crippen LogP) is 3.53. The molecule has 3 aromatic rings. The predicted molar refractivity (Wildman–Crippen MR) is 118 cm³/mol. The van der Waals surface area contributed by atoms with Gasteiger partial charge in [0.25, 0.3) is 5.56 Å². The van der Waals surface area contributed by atoms with Gasteiger partial charge in [-0.25, -0.2) is 4.68 Å². The molecule has 2 aromatic carbocycles. The summed E-state index contributed by atoms with van der Waals surface area (Å²) in [4.78, 5) is 25.2. The van der Waals surface area contributed by atoms with Crippen molar-refractivity contribution in [3.63, 3.8) is 0 Å². The van der Waals surface area contributed by atoms with Crippen molar-refractivity contribution in [1.29, 1.82) is 0 Å². The SMILES string of the molecule is CCOc1ccc(-c2ccc(=O)n(C(C)C(=O)Nc3cc(OC)cc(OC)c3)n2)cc1. The third kappa shape index (κ3) is 5.22. The second-order valence-electron chi connectivity index (χ2n) is 6.73. The molecule has 0 saturated carbocycles. The van der Waals surface area contributed by atoms with Crippen molar-refractivity contribution in [1.82, 2.24) is 9.78 Å². The van der Waals surface area contributed by atoms with E-state index in [0.29, 0.717) is 29.5 Å². The van der Waals surface area contributed by atoms with Gasteiger partial charge in [0.15, 0.2) is 0 Å². The van der Waals surface area contributed by atoms with Gasteiger partial charge in [0.05, 0.1) is 26.5 Å². The lowest BCUT2D eigenvalue weighted by atomic mass is 10.1. The maximum Gasteiger partial charge on any atom is 0.267 e. The van der Waals surface area contributed by atoms with Crippen LogP contribution in [0.5, 0.6) is 17.2 Å². The zero-order chi connectivity index (χ0) is 22.4. The monoisotopic (exact) mass is 423 g/mol. The zero-order valence-electron chi connectivity index (χ0n) is 17.9. The molecule has 0 fully saturated rings. The molecule has 1 amide bonds. The molecule has 0 aliphatic carbocycles. The zero-order valence-corrected chi connectivity index (χ0v) is 17.9. The third-order valence-corrected chi connectivity index (χ3v) is 4.65. The maximum atomic E-state index is 12.8. The van der Waals surface area contributed by atoms with Gasteiger partial charge in [0.1, 0.15) is 23.3 Å². The first kappa shape index (κ1) is 21.9. The first-order chi connectivity index (χ1) is 14.9. The molecule has 1 atom stereocenters. The number of carbonyl (C=O) groups is 1. The quantitative estimate of drug-likeness (QED) is 0.596. The molecule has 0 spiro atoms. The van der Waals surface area contributed by atoms with Crippen LogP contribution in [0.2, 0.25) is 0 Å². The second kappa shape index (κ2) is 9.80. The average Bonchev–Trinajstić information content (AvgIpc) is 2.79. The number of nitrogens with zero attached hydrogens (tertiary/aromatic N) is 2. The van der Waals surface area contributed by atoms with Gasteiger partial charge in [-0.05, 0) is 44.2 Å². The van der Waals surface area contributed by atoms with Crippen molar-refractivity contribution in [2.45, 2.75) is 19.9 Å². The van der Waals surface area contributed by atoms with E-state index in [0.717, 1.165) is 11.3 Å². The fourth-order valence-corrected chi connectivity index (χ4v) is 2.98. The van der Waals surface area contributed by atoms with Crippen molar-refractivity contribution in [3.8, 4) is 28.5 Å². The minimum absolute atomic E-state index is 0.374. The van der Waals surface area contributed by atoms with E-state index >= 15 is 0 Å². The van der Waals surface area contributed by atoms with Gasteiger partial charge in [0, 0.05) is 35.5 Å². The van der Waals surface area contributed by atoms with E-state index in [1.165, 1.54) is 25.0 Å². The lowest BCUT2D eigenvalue weighted by Gasteiger charge is -2.16. The Kier molecular flexibility index (Phi) is 6.92. The van der Waals surface area contributed by atoms with Gasteiger partial charge in [-0.2, -0.15) is 5.10 Å². The highest BCUT2D eigenvalue weighted by Gasteiger charge is 2.19. The molecule has 1 N–H and O–H groups in total. The second-order valence-corrected chi connectivity index (χ2v) is 6.73. The highest BCUT2D eigenvalue weighted by Crippen LogP contribution is 2.26. The Morgan fingerprint density at radius 2 is 1.65 bits per heavy atom. The van der Waals surface area contributed by atoms with E-state index in [1.54, 1.807) is 31.2 Å². The summed E-state index contributed by atoms with van der Waals surface area (Å²) < 4.78 is 17.1. The largest absolute Gasteiger partial charge is 0.497 e. The van der Waals surface area contributed by atoms with Gasteiger partial charge in [0.2, 0.25) is 5.91 Å². The van der Waals surface area contributed by atoms with Crippen LogP contribution < -0.4 is 25.1 Å². The maximum absolute atomic E-state index is 12.8. The molecular weight excluding hydrogens is 398 g/mol. The van der Waals surface area contributed by atoms with Crippen LogP contribution in [0.25, 0.3) is 11.3 Å². The van der Waals surface area contributed by atoms with Crippen molar-refractivity contribution in [3.05, 3.63) is 65.0 Å². The highest BCUT2D eigenvalue weighted by molar-refractivity contribution is 5.93. The van der Waals surface area contributed by atoms with Crippen LogP contribution in [0, 0.1) is 0 Å². The number of rotatable bonds is 8. The van der Waals surface area contributed by atoms with E-state index in [4.69, 9.17) is 14.2 Å². The molecule has 1 aromatic heterocycles. The Morgan fingerprint density at radius 1 is 1.00 bits per heavy atom. The number of hydrogen-bond acceptors (Lipinski definition) is 6. The molecule has 31 heavy (non-hydrogen) atoms. The number of anilines is 1. The van der Waals surface area contributed by atoms with Crippen LogP contribution in [0.1, 0.15) is 19.9 Å². The first-order valence-electron chi connectivity index (χ1n) is 9.82. The molecule has 1 heterocycles. The van der Waals surface area contributed by atoms with E-state index in [-0.39, 0.29) is 5.56 Å². The highest BCUT2D eigenvalue weighted by atomic mass is 16.5. The molecule has 0 aliphatic rings. The summed E-state index contributed by atoms with van der Waals surface area (Å²) >= 11 is 0. The number of ether oxygens (including phenoxy) is 3. The lowest BCUT2D eigenvalue weighted by Crippen LogP contribution is -2.33. The summed E-state index contributed by atoms with van der Waals surface area (Å²) in [6.45, 7) is 4.11. The summed E-state index contributed by atoms with van der Waals surface area (Å²) in [6.07, 6.45) is 0. The number of benzene rings is 2. The van der Waals surface area contributed by atoms with Crippen LogP contribution in [-0.4, -0.2) is 36.5 Å². The van der Waals surface area contributed by atoms with E-state index in [9.17, 15) is 9.59 Å². The molecule has 0 saturated heterocycles. The number of nitrogens with one attached hydrogen (secondary N) is 1. The Bertz CT molecular complexity index is 1090. The van der Waals surface area contributed by atoms with Crippen LogP contribution in [0.4, 0.5) is 5.69 Å². The van der Waals surface area contributed by atoms with Crippen LogP contribution >= 0.6 is 0 Å². The molecule has 162 valence electrons. The first-order valence-corrected chi connectivity index (χ1v) is 9.82.